The highest BCUT2D eigenvalue weighted by Gasteiger charge is 2.16. The fourth-order valence-electron chi connectivity index (χ4n) is 2.79. The Morgan fingerprint density at radius 2 is 1.96 bits per heavy atom. The van der Waals surface area contributed by atoms with Crippen LogP contribution in [0.15, 0.2) is 45.5 Å². The third-order valence-electron chi connectivity index (χ3n) is 4.27. The predicted octanol–water partition coefficient (Wildman–Crippen LogP) is 5.26. The SMILES string of the molecule is COc1ccc(-c2csc3ncnc(SCc4c(C)noc4C)c23)cc1. The molecule has 5 nitrogen and oxygen atoms in total. The van der Waals surface area contributed by atoms with Crippen molar-refractivity contribution in [1.29, 1.82) is 0 Å². The first-order valence-corrected chi connectivity index (χ1v) is 9.95. The molecule has 0 fully saturated rings. The van der Waals surface area contributed by atoms with E-state index in [-0.39, 0.29) is 0 Å². The lowest BCUT2D eigenvalue weighted by Gasteiger charge is -2.06. The van der Waals surface area contributed by atoms with Gasteiger partial charge in [-0.2, -0.15) is 0 Å². The zero-order chi connectivity index (χ0) is 18.1. The molecule has 0 aliphatic carbocycles. The van der Waals surface area contributed by atoms with E-state index in [1.54, 1.807) is 36.5 Å². The lowest BCUT2D eigenvalue weighted by Crippen LogP contribution is -1.89. The first kappa shape index (κ1) is 17.1. The average molecular weight is 383 g/mol. The number of thiophene rings is 1. The van der Waals surface area contributed by atoms with Crippen LogP contribution in [0.3, 0.4) is 0 Å². The fraction of sp³-hybridized carbons (Fsp3) is 0.211. The Morgan fingerprint density at radius 3 is 2.65 bits per heavy atom. The van der Waals surface area contributed by atoms with Crippen molar-refractivity contribution in [3.8, 4) is 16.9 Å². The molecule has 0 N–H and O–H groups in total. The number of ether oxygens (including phenoxy) is 1. The number of hydrogen-bond donors (Lipinski definition) is 0. The number of fused-ring (bicyclic) bond motifs is 1. The van der Waals surface area contributed by atoms with Gasteiger partial charge in [-0.25, -0.2) is 9.97 Å². The molecule has 0 atom stereocenters. The molecule has 26 heavy (non-hydrogen) atoms. The molecule has 132 valence electrons. The molecule has 0 aliphatic heterocycles. The van der Waals surface area contributed by atoms with Crippen LogP contribution >= 0.6 is 23.1 Å². The zero-order valence-corrected chi connectivity index (χ0v) is 16.3. The number of nitrogens with zero attached hydrogens (tertiary/aromatic N) is 3. The normalized spacial score (nSPS) is 11.2. The number of thioether (sulfide) groups is 1. The Labute approximate surface area is 159 Å². The van der Waals surface area contributed by atoms with Crippen molar-refractivity contribution in [3.63, 3.8) is 0 Å². The minimum absolute atomic E-state index is 0.769. The van der Waals surface area contributed by atoms with Gasteiger partial charge in [0.2, 0.25) is 0 Å². The summed E-state index contributed by atoms with van der Waals surface area (Å²) in [4.78, 5) is 9.97. The molecule has 3 heterocycles. The van der Waals surface area contributed by atoms with E-state index >= 15 is 0 Å². The van der Waals surface area contributed by atoms with E-state index in [0.29, 0.717) is 0 Å². The van der Waals surface area contributed by atoms with Gasteiger partial charge in [-0.3, -0.25) is 0 Å². The molecule has 0 saturated heterocycles. The summed E-state index contributed by atoms with van der Waals surface area (Å²) in [5.74, 6) is 2.48. The van der Waals surface area contributed by atoms with Crippen molar-refractivity contribution >= 4 is 33.3 Å². The Kier molecular flexibility index (Phi) is 4.65. The summed E-state index contributed by atoms with van der Waals surface area (Å²) in [6.07, 6.45) is 1.63. The summed E-state index contributed by atoms with van der Waals surface area (Å²) in [5.41, 5.74) is 4.34. The topological polar surface area (TPSA) is 61.0 Å². The maximum Gasteiger partial charge on any atom is 0.137 e. The van der Waals surface area contributed by atoms with Gasteiger partial charge < -0.3 is 9.26 Å². The standard InChI is InChI=1S/C19H17N3O2S2/c1-11-15(12(2)24-22-11)8-25-18-17-16(9-26-19(17)21-10-20-18)13-4-6-14(23-3)7-5-13/h4-7,9-10H,8H2,1-3H3. The van der Waals surface area contributed by atoms with Gasteiger partial charge >= 0.3 is 0 Å². The molecule has 0 amide bonds. The average Bonchev–Trinajstić information content (AvgIpc) is 3.24. The molecule has 0 radical (unpaired) electrons. The van der Waals surface area contributed by atoms with Crippen LogP contribution < -0.4 is 4.74 Å². The molecule has 3 aromatic heterocycles. The molecule has 0 aliphatic rings. The highest BCUT2D eigenvalue weighted by Crippen LogP contribution is 2.39. The van der Waals surface area contributed by atoms with E-state index in [2.05, 4.69) is 32.6 Å². The van der Waals surface area contributed by atoms with Crippen LogP contribution in [0.2, 0.25) is 0 Å². The van der Waals surface area contributed by atoms with Crippen LogP contribution in [0.4, 0.5) is 0 Å². The quantitative estimate of drug-likeness (QED) is 0.346. The lowest BCUT2D eigenvalue weighted by atomic mass is 10.1. The van der Waals surface area contributed by atoms with Gasteiger partial charge in [0.1, 0.15) is 27.7 Å². The first-order chi connectivity index (χ1) is 12.7. The molecule has 4 aromatic rings. The minimum atomic E-state index is 0.769. The molecular weight excluding hydrogens is 366 g/mol. The first-order valence-electron chi connectivity index (χ1n) is 8.08. The van der Waals surface area contributed by atoms with Crippen molar-refractivity contribution in [2.24, 2.45) is 0 Å². The van der Waals surface area contributed by atoms with E-state index in [0.717, 1.165) is 54.9 Å². The Hall–Kier alpha value is -2.38. The molecule has 4 rings (SSSR count). The molecular formula is C19H17N3O2S2. The van der Waals surface area contributed by atoms with Crippen molar-refractivity contribution in [3.05, 3.63) is 53.0 Å². The van der Waals surface area contributed by atoms with Gasteiger partial charge in [0.15, 0.2) is 0 Å². The van der Waals surface area contributed by atoms with Crippen LogP contribution in [-0.2, 0) is 5.75 Å². The van der Waals surface area contributed by atoms with Gasteiger partial charge in [0.25, 0.3) is 0 Å². The van der Waals surface area contributed by atoms with Crippen LogP contribution in [-0.4, -0.2) is 22.2 Å². The fourth-order valence-corrected chi connectivity index (χ4v) is 4.93. The van der Waals surface area contributed by atoms with Crippen molar-refractivity contribution in [2.45, 2.75) is 24.6 Å². The minimum Gasteiger partial charge on any atom is -0.497 e. The summed E-state index contributed by atoms with van der Waals surface area (Å²) in [6, 6.07) is 8.07. The van der Waals surface area contributed by atoms with Crippen LogP contribution in [0.1, 0.15) is 17.0 Å². The van der Waals surface area contributed by atoms with E-state index < -0.39 is 0 Å². The Balaban J connectivity index is 1.72. The molecule has 0 spiro atoms. The van der Waals surface area contributed by atoms with Gasteiger partial charge in [-0.1, -0.05) is 17.3 Å². The van der Waals surface area contributed by atoms with E-state index in [9.17, 15) is 0 Å². The number of hydrogen-bond acceptors (Lipinski definition) is 7. The summed E-state index contributed by atoms with van der Waals surface area (Å²) in [7, 11) is 1.67. The van der Waals surface area contributed by atoms with Crippen LogP contribution in [0.5, 0.6) is 5.75 Å². The van der Waals surface area contributed by atoms with Crippen molar-refractivity contribution in [1.82, 2.24) is 15.1 Å². The zero-order valence-electron chi connectivity index (χ0n) is 14.6. The maximum atomic E-state index is 5.27. The second-order valence-electron chi connectivity index (χ2n) is 5.83. The summed E-state index contributed by atoms with van der Waals surface area (Å²) >= 11 is 3.32. The van der Waals surface area contributed by atoms with E-state index in [4.69, 9.17) is 9.26 Å². The summed E-state index contributed by atoms with van der Waals surface area (Å²) < 4.78 is 10.5. The highest BCUT2D eigenvalue weighted by atomic mass is 32.2. The maximum absolute atomic E-state index is 5.27. The Bertz CT molecular complexity index is 1040. The largest absolute Gasteiger partial charge is 0.497 e. The number of aryl methyl sites for hydroxylation is 2. The van der Waals surface area contributed by atoms with Gasteiger partial charge in [0.05, 0.1) is 18.2 Å². The van der Waals surface area contributed by atoms with Gasteiger partial charge in [-0.05, 0) is 31.5 Å². The third-order valence-corrected chi connectivity index (χ3v) is 6.17. The molecule has 1 aromatic carbocycles. The van der Waals surface area contributed by atoms with Crippen molar-refractivity contribution in [2.75, 3.05) is 7.11 Å². The van der Waals surface area contributed by atoms with Crippen LogP contribution in [0, 0.1) is 13.8 Å². The molecule has 0 bridgehead atoms. The second-order valence-corrected chi connectivity index (χ2v) is 7.65. The second kappa shape index (κ2) is 7.09. The van der Waals surface area contributed by atoms with E-state index in [1.807, 2.05) is 26.0 Å². The van der Waals surface area contributed by atoms with Gasteiger partial charge in [-0.15, -0.1) is 23.1 Å². The molecule has 7 heteroatoms. The van der Waals surface area contributed by atoms with E-state index in [1.165, 1.54) is 0 Å². The summed E-state index contributed by atoms with van der Waals surface area (Å²) in [6.45, 7) is 3.91. The molecule has 0 unspecified atom stereocenters. The smallest absolute Gasteiger partial charge is 0.137 e. The molecule has 0 saturated carbocycles. The predicted molar refractivity (Wildman–Crippen MR) is 105 cm³/mol. The van der Waals surface area contributed by atoms with Crippen molar-refractivity contribution < 1.29 is 9.26 Å². The number of methoxy groups -OCH3 is 1. The Morgan fingerprint density at radius 1 is 1.15 bits per heavy atom. The van der Waals surface area contributed by atoms with Gasteiger partial charge in [0, 0.05) is 22.3 Å². The number of rotatable bonds is 5. The summed E-state index contributed by atoms with van der Waals surface area (Å²) in [5, 5.41) is 8.24. The highest BCUT2D eigenvalue weighted by molar-refractivity contribution is 7.98. The lowest BCUT2D eigenvalue weighted by molar-refractivity contribution is 0.392. The monoisotopic (exact) mass is 383 g/mol. The number of benzene rings is 1. The van der Waals surface area contributed by atoms with Crippen LogP contribution in [0.25, 0.3) is 21.3 Å². The number of aromatic nitrogens is 3. The third kappa shape index (κ3) is 3.08.